The van der Waals surface area contributed by atoms with Gasteiger partial charge in [0.2, 0.25) is 5.91 Å². The van der Waals surface area contributed by atoms with E-state index in [0.717, 1.165) is 32.1 Å². The van der Waals surface area contributed by atoms with E-state index in [4.69, 9.17) is 10.5 Å². The fourth-order valence-electron chi connectivity index (χ4n) is 2.73. The summed E-state index contributed by atoms with van der Waals surface area (Å²) in [5, 5.41) is 4.93. The fraction of sp³-hybridized carbons (Fsp3) is 0.444. The molecule has 0 saturated heterocycles. The minimum absolute atomic E-state index is 0.0678. The highest BCUT2D eigenvalue weighted by atomic mass is 16.5. The third-order valence-electron chi connectivity index (χ3n) is 4.24. The summed E-state index contributed by atoms with van der Waals surface area (Å²) in [5.41, 5.74) is 5.55. The lowest BCUT2D eigenvalue weighted by Gasteiger charge is -2.23. The summed E-state index contributed by atoms with van der Waals surface area (Å²) in [6.45, 7) is 1.37. The van der Waals surface area contributed by atoms with Crippen LogP contribution in [0.5, 0.6) is 0 Å². The number of carbonyl (C=O) groups is 4. The Labute approximate surface area is 151 Å². The predicted molar refractivity (Wildman–Crippen MR) is 93.4 cm³/mol. The van der Waals surface area contributed by atoms with Crippen LogP contribution in [-0.2, 0) is 9.53 Å². The van der Waals surface area contributed by atoms with Crippen molar-refractivity contribution < 1.29 is 23.9 Å². The maximum absolute atomic E-state index is 12.0. The Hall–Kier alpha value is -2.90. The molecule has 1 fully saturated rings. The first-order valence-electron chi connectivity index (χ1n) is 8.59. The number of primary amides is 1. The van der Waals surface area contributed by atoms with Crippen LogP contribution in [0.1, 0.15) is 59.7 Å². The van der Waals surface area contributed by atoms with Gasteiger partial charge in [0.25, 0.3) is 5.91 Å². The molecule has 4 amide bonds. The van der Waals surface area contributed by atoms with Crippen molar-refractivity contribution >= 4 is 23.8 Å². The molecule has 2 rings (SSSR count). The summed E-state index contributed by atoms with van der Waals surface area (Å²) in [6.07, 6.45) is 3.92. The number of hydrogen-bond donors (Lipinski definition) is 3. The zero-order chi connectivity index (χ0) is 19.1. The zero-order valence-corrected chi connectivity index (χ0v) is 14.6. The molecule has 8 heteroatoms. The van der Waals surface area contributed by atoms with E-state index < -0.39 is 29.9 Å². The molecule has 1 aromatic rings. The number of amides is 4. The summed E-state index contributed by atoms with van der Waals surface area (Å²) in [7, 11) is 0. The maximum Gasteiger partial charge on any atom is 0.338 e. The normalized spacial score (nSPS) is 15.6. The second-order valence-corrected chi connectivity index (χ2v) is 6.29. The Kier molecular flexibility index (Phi) is 6.71. The highest BCUT2D eigenvalue weighted by Crippen LogP contribution is 2.17. The second-order valence-electron chi connectivity index (χ2n) is 6.29. The van der Waals surface area contributed by atoms with E-state index >= 15 is 0 Å². The first-order chi connectivity index (χ1) is 12.4. The van der Waals surface area contributed by atoms with Crippen molar-refractivity contribution in [3.05, 3.63) is 35.4 Å². The Morgan fingerprint density at radius 1 is 1.04 bits per heavy atom. The standard InChI is InChI=1S/C18H23N3O5/c1-11(16(23)21-18(25)20-14-5-3-2-4-6-14)26-17(24)13-9-7-12(8-10-13)15(19)22/h7-11,14H,2-6H2,1H3,(H2,19,22)(H2,20,21,23,25)/t11-/m1/s1. The van der Waals surface area contributed by atoms with E-state index in [1.165, 1.54) is 31.2 Å². The smallest absolute Gasteiger partial charge is 0.338 e. The first kappa shape index (κ1) is 19.4. The highest BCUT2D eigenvalue weighted by molar-refractivity contribution is 5.99. The van der Waals surface area contributed by atoms with Crippen LogP contribution in [0.15, 0.2) is 24.3 Å². The van der Waals surface area contributed by atoms with Gasteiger partial charge in [0.15, 0.2) is 6.10 Å². The SMILES string of the molecule is C[C@@H](OC(=O)c1ccc(C(N)=O)cc1)C(=O)NC(=O)NC1CCCCC1. The van der Waals surface area contributed by atoms with Crippen LogP contribution < -0.4 is 16.4 Å². The van der Waals surface area contributed by atoms with Gasteiger partial charge in [-0.05, 0) is 44.0 Å². The lowest BCUT2D eigenvalue weighted by Crippen LogP contribution is -2.48. The van der Waals surface area contributed by atoms with Crippen molar-refractivity contribution in [2.75, 3.05) is 0 Å². The first-order valence-corrected chi connectivity index (χ1v) is 8.59. The number of ether oxygens (including phenoxy) is 1. The van der Waals surface area contributed by atoms with Crippen LogP contribution in [0.3, 0.4) is 0 Å². The van der Waals surface area contributed by atoms with E-state index in [1.54, 1.807) is 0 Å². The number of nitrogens with one attached hydrogen (secondary N) is 2. The van der Waals surface area contributed by atoms with Gasteiger partial charge in [0, 0.05) is 11.6 Å². The van der Waals surface area contributed by atoms with Crippen molar-refractivity contribution in [3.63, 3.8) is 0 Å². The van der Waals surface area contributed by atoms with Gasteiger partial charge in [-0.15, -0.1) is 0 Å². The fourth-order valence-corrected chi connectivity index (χ4v) is 2.73. The molecule has 1 saturated carbocycles. The minimum atomic E-state index is -1.14. The number of benzene rings is 1. The van der Waals surface area contributed by atoms with Crippen molar-refractivity contribution in [2.45, 2.75) is 51.2 Å². The number of nitrogens with two attached hydrogens (primary N) is 1. The van der Waals surface area contributed by atoms with Crippen LogP contribution in [0.2, 0.25) is 0 Å². The number of rotatable bonds is 5. The topological polar surface area (TPSA) is 128 Å². The Bertz CT molecular complexity index is 681. The molecule has 1 aromatic carbocycles. The van der Waals surface area contributed by atoms with Crippen molar-refractivity contribution in [1.82, 2.24) is 10.6 Å². The van der Waals surface area contributed by atoms with Crippen molar-refractivity contribution in [1.29, 1.82) is 0 Å². The third kappa shape index (κ3) is 5.58. The molecule has 26 heavy (non-hydrogen) atoms. The third-order valence-corrected chi connectivity index (χ3v) is 4.24. The number of esters is 1. The Balaban J connectivity index is 1.82. The van der Waals surface area contributed by atoms with Crippen molar-refractivity contribution in [2.24, 2.45) is 5.73 Å². The van der Waals surface area contributed by atoms with E-state index in [2.05, 4.69) is 10.6 Å². The van der Waals surface area contributed by atoms with Gasteiger partial charge in [-0.25, -0.2) is 9.59 Å². The molecular weight excluding hydrogens is 338 g/mol. The molecule has 0 aromatic heterocycles. The summed E-state index contributed by atoms with van der Waals surface area (Å²) >= 11 is 0. The average Bonchev–Trinajstić information content (AvgIpc) is 2.62. The lowest BCUT2D eigenvalue weighted by molar-refractivity contribution is -0.127. The van der Waals surface area contributed by atoms with Gasteiger partial charge in [0.1, 0.15) is 0 Å². The van der Waals surface area contributed by atoms with Crippen LogP contribution in [0.4, 0.5) is 4.79 Å². The van der Waals surface area contributed by atoms with Gasteiger partial charge in [-0.3, -0.25) is 14.9 Å². The molecule has 0 unspecified atom stereocenters. The summed E-state index contributed by atoms with van der Waals surface area (Å²) in [6, 6.07) is 5.02. The quantitative estimate of drug-likeness (QED) is 0.685. The van der Waals surface area contributed by atoms with E-state index in [1.807, 2.05) is 0 Å². The average molecular weight is 361 g/mol. The van der Waals surface area contributed by atoms with Gasteiger partial charge in [0.05, 0.1) is 5.56 Å². The minimum Gasteiger partial charge on any atom is -0.449 e. The van der Waals surface area contributed by atoms with Crippen LogP contribution in [-0.4, -0.2) is 36.0 Å². The number of carbonyl (C=O) groups excluding carboxylic acids is 4. The van der Waals surface area contributed by atoms with E-state index in [9.17, 15) is 19.2 Å². The number of hydrogen-bond acceptors (Lipinski definition) is 5. The molecule has 1 aliphatic carbocycles. The molecule has 0 aliphatic heterocycles. The van der Waals surface area contributed by atoms with Crippen LogP contribution in [0.25, 0.3) is 0 Å². The van der Waals surface area contributed by atoms with Crippen molar-refractivity contribution in [3.8, 4) is 0 Å². The second kappa shape index (κ2) is 8.98. The van der Waals surface area contributed by atoms with Gasteiger partial charge in [-0.1, -0.05) is 19.3 Å². The number of imide groups is 1. The highest BCUT2D eigenvalue weighted by Gasteiger charge is 2.22. The molecule has 1 aliphatic rings. The number of urea groups is 1. The van der Waals surface area contributed by atoms with Crippen LogP contribution >= 0.6 is 0 Å². The van der Waals surface area contributed by atoms with Gasteiger partial charge < -0.3 is 15.8 Å². The van der Waals surface area contributed by atoms with Gasteiger partial charge >= 0.3 is 12.0 Å². The molecule has 4 N–H and O–H groups in total. The molecular formula is C18H23N3O5. The summed E-state index contributed by atoms with van der Waals surface area (Å²) in [4.78, 5) is 46.9. The maximum atomic E-state index is 12.0. The summed E-state index contributed by atoms with van der Waals surface area (Å²) < 4.78 is 5.04. The monoisotopic (exact) mass is 361 g/mol. The molecule has 1 atom stereocenters. The van der Waals surface area contributed by atoms with E-state index in [0.29, 0.717) is 0 Å². The van der Waals surface area contributed by atoms with Crippen LogP contribution in [0, 0.1) is 0 Å². The molecule has 8 nitrogen and oxygen atoms in total. The van der Waals surface area contributed by atoms with Gasteiger partial charge in [-0.2, -0.15) is 0 Å². The molecule has 0 radical (unpaired) electrons. The summed E-state index contributed by atoms with van der Waals surface area (Å²) in [5.74, 6) is -2.06. The Morgan fingerprint density at radius 3 is 2.19 bits per heavy atom. The Morgan fingerprint density at radius 2 is 1.62 bits per heavy atom. The molecule has 0 spiro atoms. The van der Waals surface area contributed by atoms with E-state index in [-0.39, 0.29) is 17.2 Å². The zero-order valence-electron chi connectivity index (χ0n) is 14.6. The molecule has 0 bridgehead atoms. The molecule has 140 valence electrons. The largest absolute Gasteiger partial charge is 0.449 e. The predicted octanol–water partition coefficient (Wildman–Crippen LogP) is 1.49. The lowest BCUT2D eigenvalue weighted by atomic mass is 9.96. The molecule has 0 heterocycles.